The average molecular weight is 166 g/mol. The van der Waals surface area contributed by atoms with Gasteiger partial charge < -0.3 is 0 Å². The van der Waals surface area contributed by atoms with Crippen molar-refractivity contribution in [3.63, 3.8) is 0 Å². The van der Waals surface area contributed by atoms with Crippen LogP contribution in [-0.2, 0) is 0 Å². The molecule has 1 aromatic carbocycles. The van der Waals surface area contributed by atoms with Crippen LogP contribution in [0, 0.1) is 17.3 Å². The summed E-state index contributed by atoms with van der Waals surface area (Å²) in [6.07, 6.45) is 5.09. The maximum Gasteiger partial charge on any atom is 0.125 e. The fourth-order valence-electron chi connectivity index (χ4n) is 0.732. The van der Waals surface area contributed by atoms with E-state index >= 15 is 0 Å². The fourth-order valence-corrected chi connectivity index (χ4v) is 0.956. The molecule has 0 aliphatic rings. The molecule has 3 heteroatoms. The first-order valence-electron chi connectivity index (χ1n) is 2.88. The molecule has 54 valence electrons. The van der Waals surface area contributed by atoms with Crippen LogP contribution in [0.15, 0.2) is 23.4 Å². The zero-order valence-corrected chi connectivity index (χ0v) is 6.30. The number of nitrogens with zero attached hydrogens (tertiary/aromatic N) is 1. The van der Waals surface area contributed by atoms with E-state index in [1.54, 1.807) is 12.1 Å². The molecule has 0 saturated carbocycles. The molecule has 0 N–H and O–H groups in total. The van der Waals surface area contributed by atoms with E-state index in [-0.39, 0.29) is 5.69 Å². The summed E-state index contributed by atoms with van der Waals surface area (Å²) in [6.45, 7) is 0. The average Bonchev–Trinajstić information content (AvgIpc) is 2.04. The molecular formula is C8H4ClNO. The lowest BCUT2D eigenvalue weighted by Crippen LogP contribution is -1.76. The van der Waals surface area contributed by atoms with Crippen molar-refractivity contribution >= 4 is 17.3 Å². The van der Waals surface area contributed by atoms with E-state index in [0.29, 0.717) is 10.6 Å². The highest BCUT2D eigenvalue weighted by Crippen LogP contribution is 2.24. The van der Waals surface area contributed by atoms with Crippen LogP contribution >= 0.6 is 11.6 Å². The molecule has 1 aromatic rings. The van der Waals surface area contributed by atoms with Gasteiger partial charge in [0.15, 0.2) is 0 Å². The Balaban J connectivity index is 3.38. The van der Waals surface area contributed by atoms with Crippen molar-refractivity contribution in [2.45, 2.75) is 0 Å². The zero-order valence-electron chi connectivity index (χ0n) is 5.54. The minimum atomic E-state index is 0.208. The summed E-state index contributed by atoms with van der Waals surface area (Å²) in [5.74, 6) is 2.29. The lowest BCUT2D eigenvalue weighted by molar-refractivity contribution is 1.47. The van der Waals surface area contributed by atoms with Crippen LogP contribution in [0.5, 0.6) is 0 Å². The molecule has 0 aliphatic heterocycles. The number of hydrogen-bond acceptors (Lipinski definition) is 2. The van der Waals surface area contributed by atoms with Crippen LogP contribution < -0.4 is 0 Å². The Morgan fingerprint density at radius 1 is 1.55 bits per heavy atom. The largest absolute Gasteiger partial charge is 0.145 e. The summed E-state index contributed by atoms with van der Waals surface area (Å²) in [6, 6.07) is 4.76. The van der Waals surface area contributed by atoms with E-state index in [0.717, 1.165) is 0 Å². The van der Waals surface area contributed by atoms with Crippen molar-refractivity contribution in [3.05, 3.63) is 33.7 Å². The minimum absolute atomic E-state index is 0.208. The summed E-state index contributed by atoms with van der Waals surface area (Å²) in [7, 11) is 0. The Morgan fingerprint density at radius 2 is 2.27 bits per heavy atom. The molecule has 0 unspecified atom stereocenters. The van der Waals surface area contributed by atoms with Crippen molar-refractivity contribution in [1.82, 2.24) is 0 Å². The van der Waals surface area contributed by atoms with E-state index in [2.05, 4.69) is 11.1 Å². The third-order valence-corrected chi connectivity index (χ3v) is 1.55. The maximum absolute atomic E-state index is 10.1. The maximum atomic E-state index is 10.1. The first kappa shape index (κ1) is 7.77. The Hall–Kier alpha value is -1.33. The molecule has 0 radical (unpaired) electrons. The Bertz CT molecular complexity index is 327. The highest BCUT2D eigenvalue weighted by Gasteiger charge is 2.02. The van der Waals surface area contributed by atoms with Crippen LogP contribution in [0.4, 0.5) is 5.69 Å². The zero-order chi connectivity index (χ0) is 8.27. The van der Waals surface area contributed by atoms with Gasteiger partial charge in [-0.2, -0.15) is 0 Å². The van der Waals surface area contributed by atoms with Crippen molar-refractivity contribution < 1.29 is 0 Å². The molecule has 2 nitrogen and oxygen atoms in total. The van der Waals surface area contributed by atoms with Crippen LogP contribution in [0.2, 0.25) is 5.02 Å². The monoisotopic (exact) mass is 165 g/mol. The Kier molecular flexibility index (Phi) is 2.25. The van der Waals surface area contributed by atoms with Gasteiger partial charge in [-0.3, -0.25) is 0 Å². The van der Waals surface area contributed by atoms with Gasteiger partial charge in [-0.15, -0.1) is 11.3 Å². The van der Waals surface area contributed by atoms with E-state index in [1.165, 1.54) is 6.07 Å². The third kappa shape index (κ3) is 1.39. The smallest absolute Gasteiger partial charge is 0.125 e. The molecule has 0 amide bonds. The molecule has 0 aromatic heterocycles. The Labute approximate surface area is 69.2 Å². The third-order valence-electron chi connectivity index (χ3n) is 1.23. The number of benzene rings is 1. The lowest BCUT2D eigenvalue weighted by Gasteiger charge is -1.95. The van der Waals surface area contributed by atoms with Crippen molar-refractivity contribution in [2.75, 3.05) is 0 Å². The van der Waals surface area contributed by atoms with Gasteiger partial charge >= 0.3 is 0 Å². The summed E-state index contributed by atoms with van der Waals surface area (Å²) in [5, 5.41) is 3.10. The first-order chi connectivity index (χ1) is 5.29. The molecule has 0 bridgehead atoms. The summed E-state index contributed by atoms with van der Waals surface area (Å²) >= 11 is 5.67. The van der Waals surface area contributed by atoms with Crippen molar-refractivity contribution in [3.8, 4) is 12.3 Å². The summed E-state index contributed by atoms with van der Waals surface area (Å²) < 4.78 is 0. The van der Waals surface area contributed by atoms with Gasteiger partial charge in [0.1, 0.15) is 5.69 Å². The topological polar surface area (TPSA) is 29.4 Å². The van der Waals surface area contributed by atoms with E-state index < -0.39 is 0 Å². The second-order valence-electron chi connectivity index (χ2n) is 1.87. The molecule has 0 heterocycles. The van der Waals surface area contributed by atoms with Crippen LogP contribution in [0.1, 0.15) is 5.56 Å². The lowest BCUT2D eigenvalue weighted by atomic mass is 10.2. The molecule has 0 fully saturated rings. The number of hydrogen-bond donors (Lipinski definition) is 0. The van der Waals surface area contributed by atoms with Crippen LogP contribution in [0.3, 0.4) is 0 Å². The van der Waals surface area contributed by atoms with Crippen LogP contribution in [0.25, 0.3) is 0 Å². The quantitative estimate of drug-likeness (QED) is 0.465. The van der Waals surface area contributed by atoms with Gasteiger partial charge in [-0.1, -0.05) is 23.6 Å². The molecule has 0 spiro atoms. The first-order valence-corrected chi connectivity index (χ1v) is 3.26. The van der Waals surface area contributed by atoms with Crippen LogP contribution in [-0.4, -0.2) is 0 Å². The minimum Gasteiger partial charge on any atom is -0.145 e. The molecule has 0 atom stereocenters. The number of rotatable bonds is 1. The van der Waals surface area contributed by atoms with E-state index in [9.17, 15) is 4.91 Å². The number of nitroso groups, excluding NO2 is 1. The van der Waals surface area contributed by atoms with Crippen molar-refractivity contribution in [2.24, 2.45) is 5.18 Å². The standard InChI is InChI=1S/C8H4ClNO/c1-2-6-7(9)4-3-5-8(6)10-11/h1,3-5H. The molecule has 11 heavy (non-hydrogen) atoms. The molecular weight excluding hydrogens is 162 g/mol. The van der Waals surface area contributed by atoms with E-state index in [4.69, 9.17) is 18.0 Å². The van der Waals surface area contributed by atoms with Crippen molar-refractivity contribution in [1.29, 1.82) is 0 Å². The van der Waals surface area contributed by atoms with Gasteiger partial charge in [-0.25, -0.2) is 0 Å². The van der Waals surface area contributed by atoms with Gasteiger partial charge in [-0.05, 0) is 17.3 Å². The van der Waals surface area contributed by atoms with E-state index in [1.807, 2.05) is 0 Å². The predicted molar refractivity (Wildman–Crippen MR) is 44.8 cm³/mol. The van der Waals surface area contributed by atoms with Gasteiger partial charge in [0, 0.05) is 0 Å². The number of halogens is 1. The highest BCUT2D eigenvalue weighted by atomic mass is 35.5. The SMILES string of the molecule is C#Cc1c(Cl)cccc1N=O. The fraction of sp³-hybridized carbons (Fsp3) is 0. The second-order valence-corrected chi connectivity index (χ2v) is 2.28. The number of terminal acetylenes is 1. The molecule has 0 saturated heterocycles. The van der Waals surface area contributed by atoms with Gasteiger partial charge in [0.05, 0.1) is 10.6 Å². The summed E-state index contributed by atoms with van der Waals surface area (Å²) in [5.41, 5.74) is 0.559. The predicted octanol–water partition coefficient (Wildman–Crippen LogP) is 2.72. The Morgan fingerprint density at radius 3 is 2.73 bits per heavy atom. The highest BCUT2D eigenvalue weighted by molar-refractivity contribution is 6.32. The van der Waals surface area contributed by atoms with Gasteiger partial charge in [0.25, 0.3) is 0 Å². The summed E-state index contributed by atoms with van der Waals surface area (Å²) in [4.78, 5) is 10.1. The molecule has 1 rings (SSSR count). The molecule has 0 aliphatic carbocycles. The second kappa shape index (κ2) is 3.18. The normalized spacial score (nSPS) is 8.73. The van der Waals surface area contributed by atoms with Gasteiger partial charge in [0.2, 0.25) is 0 Å².